The third kappa shape index (κ3) is 18.3. The predicted octanol–water partition coefficient (Wildman–Crippen LogP) is 34.7. The topological polar surface area (TPSA) is 43.2 Å². The van der Waals surface area contributed by atoms with Gasteiger partial charge in [0.2, 0.25) is 0 Å². The first-order valence-electron chi connectivity index (χ1n) is 45.1. The summed E-state index contributed by atoms with van der Waals surface area (Å²) >= 11 is 0. The molecule has 22 aromatic carbocycles. The van der Waals surface area contributed by atoms with Crippen molar-refractivity contribution in [1.82, 2.24) is 0 Å². The smallest absolute Gasteiger partial charge is 0.0992 e. The number of nitrogens with zero attached hydrogens (tertiary/aromatic N) is 7. The number of nitriles is 1. The lowest BCUT2D eigenvalue weighted by atomic mass is 10.0. The van der Waals surface area contributed by atoms with Gasteiger partial charge in [0.1, 0.15) is 0 Å². The van der Waals surface area contributed by atoms with Gasteiger partial charge in [-0.15, -0.1) is 0 Å². The van der Waals surface area contributed by atoms with E-state index in [0.717, 1.165) is 85.1 Å². The zero-order valence-corrected chi connectivity index (χ0v) is 74.3. The molecule has 0 spiro atoms. The maximum Gasteiger partial charge on any atom is 0.0992 e. The molecule has 0 aliphatic carbocycles. The van der Waals surface area contributed by atoms with Crippen LogP contribution in [0, 0.1) is 11.3 Å². The van der Waals surface area contributed by atoms with Crippen LogP contribution in [-0.4, -0.2) is 21.1 Å². The SMILES string of the molecule is CN(c1ccc(-c2ccc(N(c3ccc(-c4ccccc4)cc3)c3cccc4ccccc34)cc2)cc1)c1cccc2ccccc12.CN(c1ccc(-c2ccc(N(c3ccc4ccccc4c3)c3ccc4ccccc4c3)cc2)cc1)c1cccc(C#N)c1.CN(c1ccccc1)c1ccc(-c2ccc(N(c3ccc(-c4ccccc4)cc3)c3cccc4ccccc34)cc2)cc1. The maximum atomic E-state index is 9.27. The zero-order valence-electron chi connectivity index (χ0n) is 74.3. The van der Waals surface area contributed by atoms with Crippen LogP contribution in [0.1, 0.15) is 5.56 Å². The molecular formula is C126H95N7. The summed E-state index contributed by atoms with van der Waals surface area (Å²) in [6.07, 6.45) is 0. The van der Waals surface area contributed by atoms with E-state index in [2.05, 4.69) is 541 Å². The summed E-state index contributed by atoms with van der Waals surface area (Å²) in [5.41, 5.74) is 29.4. The second kappa shape index (κ2) is 38.5. The molecule has 0 amide bonds. The van der Waals surface area contributed by atoms with Gasteiger partial charge in [-0.1, -0.05) is 352 Å². The largest absolute Gasteiger partial charge is 0.345 e. The monoisotopic (exact) mass is 1710 g/mol. The Morgan fingerprint density at radius 3 is 0.737 bits per heavy atom. The van der Waals surface area contributed by atoms with Crippen LogP contribution < -0.4 is 29.4 Å². The fraction of sp³-hybridized carbons (Fsp3) is 0.0238. The van der Waals surface area contributed by atoms with Crippen molar-refractivity contribution in [1.29, 1.82) is 5.26 Å². The highest BCUT2D eigenvalue weighted by Crippen LogP contribution is 2.46. The van der Waals surface area contributed by atoms with Gasteiger partial charge in [-0.2, -0.15) is 5.26 Å². The van der Waals surface area contributed by atoms with Gasteiger partial charge in [0, 0.05) is 111 Å². The van der Waals surface area contributed by atoms with Crippen LogP contribution in [0.5, 0.6) is 0 Å². The molecule has 0 unspecified atom stereocenters. The molecule has 0 atom stereocenters. The lowest BCUT2D eigenvalue weighted by Crippen LogP contribution is -2.10. The van der Waals surface area contributed by atoms with E-state index in [4.69, 9.17) is 0 Å². The van der Waals surface area contributed by atoms with Crippen LogP contribution in [0.3, 0.4) is 0 Å². The van der Waals surface area contributed by atoms with Crippen LogP contribution in [0.4, 0.5) is 85.3 Å². The molecule has 7 heteroatoms. The highest BCUT2D eigenvalue weighted by molar-refractivity contribution is 6.02. The number of rotatable bonds is 20. The lowest BCUT2D eigenvalue weighted by Gasteiger charge is -2.27. The summed E-state index contributed by atoms with van der Waals surface area (Å²) in [5, 5.41) is 21.5. The Balaban J connectivity index is 0.000000124. The van der Waals surface area contributed by atoms with Crippen LogP contribution in [-0.2, 0) is 0 Å². The number of hydrogen-bond donors (Lipinski definition) is 0. The first-order valence-corrected chi connectivity index (χ1v) is 45.1. The number of para-hydroxylation sites is 1. The molecule has 0 heterocycles. The van der Waals surface area contributed by atoms with Crippen LogP contribution in [0.15, 0.2) is 522 Å². The molecule has 634 valence electrons. The Bertz CT molecular complexity index is 7730. The molecule has 0 radical (unpaired) electrons. The molecule has 0 saturated heterocycles. The Hall–Kier alpha value is -17.6. The average Bonchev–Trinajstić information content (AvgIpc) is 0.781. The van der Waals surface area contributed by atoms with Gasteiger partial charge in [0.25, 0.3) is 0 Å². The third-order valence-corrected chi connectivity index (χ3v) is 25.2. The first kappa shape index (κ1) is 83.6. The van der Waals surface area contributed by atoms with E-state index in [1.54, 1.807) is 0 Å². The quantitative estimate of drug-likeness (QED) is 0.0753. The molecule has 0 fully saturated rings. The minimum Gasteiger partial charge on any atom is -0.345 e. The molecule has 22 rings (SSSR count). The first-order chi connectivity index (χ1) is 65.6. The summed E-state index contributed by atoms with van der Waals surface area (Å²) < 4.78 is 0. The number of fused-ring (bicyclic) bond motifs is 5. The molecule has 0 saturated carbocycles. The van der Waals surface area contributed by atoms with Crippen LogP contribution in [0.2, 0.25) is 0 Å². The summed E-state index contributed by atoms with van der Waals surface area (Å²) in [6.45, 7) is 0. The molecule has 0 aromatic heterocycles. The van der Waals surface area contributed by atoms with Crippen molar-refractivity contribution in [3.8, 4) is 61.7 Å². The van der Waals surface area contributed by atoms with Crippen molar-refractivity contribution in [3.05, 3.63) is 527 Å². The highest BCUT2D eigenvalue weighted by Gasteiger charge is 2.22. The van der Waals surface area contributed by atoms with E-state index in [1.807, 2.05) is 37.4 Å². The molecule has 0 bridgehead atoms. The predicted molar refractivity (Wildman–Crippen MR) is 566 cm³/mol. The van der Waals surface area contributed by atoms with E-state index in [0.29, 0.717) is 5.56 Å². The third-order valence-electron chi connectivity index (χ3n) is 25.2. The Kier molecular flexibility index (Phi) is 24.2. The van der Waals surface area contributed by atoms with Crippen molar-refractivity contribution < 1.29 is 0 Å². The summed E-state index contributed by atoms with van der Waals surface area (Å²) in [5.74, 6) is 0. The van der Waals surface area contributed by atoms with Crippen LogP contribution >= 0.6 is 0 Å². The van der Waals surface area contributed by atoms with Crippen molar-refractivity contribution in [2.24, 2.45) is 0 Å². The fourth-order valence-electron chi connectivity index (χ4n) is 18.0. The summed E-state index contributed by atoms with van der Waals surface area (Å²) in [7, 11) is 6.27. The van der Waals surface area contributed by atoms with Gasteiger partial charge in [-0.05, 0) is 263 Å². The molecule has 0 aliphatic heterocycles. The molecule has 0 N–H and O–H groups in total. The van der Waals surface area contributed by atoms with Crippen molar-refractivity contribution in [3.63, 3.8) is 0 Å². The van der Waals surface area contributed by atoms with Crippen molar-refractivity contribution in [2.45, 2.75) is 0 Å². The minimum absolute atomic E-state index is 0.655. The molecular weight excluding hydrogens is 1610 g/mol. The van der Waals surface area contributed by atoms with Gasteiger partial charge >= 0.3 is 0 Å². The van der Waals surface area contributed by atoms with Gasteiger partial charge in [-0.25, -0.2) is 0 Å². The molecule has 7 nitrogen and oxygen atoms in total. The standard InChI is InChI=1S/C45H34N2.C41H32N2.C40H29N3/c1-46(44-19-9-15-37-13-5-7-17-42(37)44)39-27-21-35(22-28-39)36-25-31-41(32-26-36)47(45-20-10-16-38-14-6-8-18-43(38)45)40-29-23-34(24-30-40)33-11-3-2-4-12-33;1-42(36-15-6-3-7-16-36)37-25-19-33(20-26-37)34-23-29-39(30-24-34)43(41-18-10-14-35-13-8-9-17-40(35)41)38-27-21-32(22-28-38)31-11-4-2-5-12-31;1-42(38-12-6-7-29(25-38)28-41)36-19-13-32(14-20-36)33-15-21-37(22-16-33)43(39-23-17-30-8-2-4-10-34(30)26-39)40-24-18-31-9-3-5-11-35(31)27-40/h2-32H,1H3;2-30H,1H3;2-27H,1H3. The van der Waals surface area contributed by atoms with Gasteiger partial charge in [0.05, 0.1) is 23.0 Å². The number of hydrogen-bond acceptors (Lipinski definition) is 7. The molecule has 22 aromatic rings. The van der Waals surface area contributed by atoms with E-state index in [1.165, 1.54) is 110 Å². The highest BCUT2D eigenvalue weighted by atomic mass is 15.2. The van der Waals surface area contributed by atoms with E-state index < -0.39 is 0 Å². The second-order valence-corrected chi connectivity index (χ2v) is 33.3. The lowest BCUT2D eigenvalue weighted by molar-refractivity contribution is 1.21. The average molecular weight is 1710 g/mol. The molecule has 133 heavy (non-hydrogen) atoms. The zero-order chi connectivity index (χ0) is 89.8. The van der Waals surface area contributed by atoms with E-state index in [-0.39, 0.29) is 0 Å². The van der Waals surface area contributed by atoms with Crippen molar-refractivity contribution >= 4 is 139 Å². The van der Waals surface area contributed by atoms with E-state index in [9.17, 15) is 5.26 Å². The Morgan fingerprint density at radius 1 is 0.150 bits per heavy atom. The Labute approximate surface area is 778 Å². The van der Waals surface area contributed by atoms with Gasteiger partial charge in [-0.3, -0.25) is 0 Å². The van der Waals surface area contributed by atoms with E-state index >= 15 is 0 Å². The normalized spacial score (nSPS) is 11.0. The van der Waals surface area contributed by atoms with Gasteiger partial charge in [0.15, 0.2) is 0 Å². The summed E-state index contributed by atoms with van der Waals surface area (Å²) in [4.78, 5) is 13.6. The fourth-order valence-corrected chi connectivity index (χ4v) is 18.0. The Morgan fingerprint density at radius 2 is 0.383 bits per heavy atom. The second-order valence-electron chi connectivity index (χ2n) is 33.3. The van der Waals surface area contributed by atoms with Crippen LogP contribution in [0.25, 0.3) is 109 Å². The summed E-state index contributed by atoms with van der Waals surface area (Å²) in [6, 6.07) is 188. The number of benzene rings is 22. The maximum absolute atomic E-state index is 9.27. The van der Waals surface area contributed by atoms with Gasteiger partial charge < -0.3 is 29.4 Å². The minimum atomic E-state index is 0.655. The van der Waals surface area contributed by atoms with Crippen molar-refractivity contribution in [2.75, 3.05) is 50.5 Å². The number of anilines is 15. The molecule has 0 aliphatic rings.